The molecule has 0 aliphatic heterocycles. The molecule has 0 unspecified atom stereocenters. The van der Waals surface area contributed by atoms with Crippen molar-refractivity contribution in [2.75, 3.05) is 7.11 Å². The van der Waals surface area contributed by atoms with Crippen molar-refractivity contribution in [3.63, 3.8) is 0 Å². The van der Waals surface area contributed by atoms with Gasteiger partial charge in [-0.15, -0.1) is 5.11 Å². The van der Waals surface area contributed by atoms with E-state index in [9.17, 15) is 13.5 Å². The van der Waals surface area contributed by atoms with Crippen molar-refractivity contribution in [2.45, 2.75) is 11.8 Å². The van der Waals surface area contributed by atoms with Crippen molar-refractivity contribution in [1.82, 2.24) is 0 Å². The molecule has 9 nitrogen and oxygen atoms in total. The molecule has 12 heteroatoms. The number of hydrogen-bond donors (Lipinski definition) is 2. The van der Waals surface area contributed by atoms with E-state index in [1.807, 2.05) is 0 Å². The van der Waals surface area contributed by atoms with Gasteiger partial charge >= 0.3 is 0 Å². The molecule has 0 fully saturated rings. The fourth-order valence-electron chi connectivity index (χ4n) is 2.45. The Morgan fingerprint density at radius 2 is 1.41 bits per heavy atom. The third kappa shape index (κ3) is 7.32. The molecule has 0 saturated carbocycles. The van der Waals surface area contributed by atoms with Gasteiger partial charge in [-0.25, -0.2) is 0 Å². The monoisotopic (exact) mass is 440 g/mol. The van der Waals surface area contributed by atoms with Crippen molar-refractivity contribution in [3.8, 4) is 11.5 Å². The number of benzene rings is 3. The van der Waals surface area contributed by atoms with E-state index >= 15 is 0 Å². The first-order valence-corrected chi connectivity index (χ1v) is 10.1. The quantitative estimate of drug-likeness (QED) is 0.315. The number of ether oxygens (including phenoxy) is 1. The van der Waals surface area contributed by atoms with Gasteiger partial charge in [-0.1, -0.05) is 6.07 Å². The summed E-state index contributed by atoms with van der Waals surface area (Å²) in [5.74, 6) is 0.598. The Kier molecular flexibility index (Phi) is 10.3. The van der Waals surface area contributed by atoms with Crippen LogP contribution in [0.2, 0.25) is 0 Å². The number of aromatic hydroxyl groups is 1. The summed E-state index contributed by atoms with van der Waals surface area (Å²) in [6.07, 6.45) is 0. The van der Waals surface area contributed by atoms with Crippen LogP contribution in [-0.2, 0) is 10.1 Å². The Labute approximate surface area is 209 Å². The molecular weight excluding hydrogens is 422 g/mol. The SMILES string of the molecule is COc1cc(N=Nc2cccc(S(=O)(=O)O)c2)ccc1N=Nc1ccc(O)c(C)c1.[Li].[Li]. The van der Waals surface area contributed by atoms with Crippen LogP contribution in [0, 0.1) is 6.92 Å². The Bertz CT molecular complexity index is 1250. The van der Waals surface area contributed by atoms with Crippen LogP contribution in [0.1, 0.15) is 5.56 Å². The largest absolute Gasteiger partial charge is 0.508 e. The predicted molar refractivity (Wildman–Crippen MR) is 122 cm³/mol. The number of phenolic OH excluding ortho intramolecular Hbond substituents is 1. The Balaban J connectivity index is 0.00000256. The van der Waals surface area contributed by atoms with E-state index in [4.69, 9.17) is 9.29 Å². The molecule has 3 rings (SSSR count). The molecule has 0 spiro atoms. The van der Waals surface area contributed by atoms with Crippen LogP contribution in [0.5, 0.6) is 11.5 Å². The number of nitrogens with zero attached hydrogens (tertiary/aromatic N) is 4. The molecule has 0 aromatic heterocycles. The van der Waals surface area contributed by atoms with Gasteiger partial charge < -0.3 is 9.84 Å². The van der Waals surface area contributed by atoms with E-state index < -0.39 is 10.1 Å². The Morgan fingerprint density at radius 3 is 2.03 bits per heavy atom. The smallest absolute Gasteiger partial charge is 0.294 e. The number of methoxy groups -OCH3 is 1. The van der Waals surface area contributed by atoms with Crippen molar-refractivity contribution in [1.29, 1.82) is 0 Å². The van der Waals surface area contributed by atoms with Crippen LogP contribution < -0.4 is 4.74 Å². The second-order valence-electron chi connectivity index (χ2n) is 6.20. The van der Waals surface area contributed by atoms with Gasteiger partial charge in [0.25, 0.3) is 10.1 Å². The average molecular weight is 440 g/mol. The predicted octanol–water partition coefficient (Wildman–Crippen LogP) is 5.03. The summed E-state index contributed by atoms with van der Waals surface area (Å²) in [4.78, 5) is -0.267. The zero-order valence-electron chi connectivity index (χ0n) is 18.1. The van der Waals surface area contributed by atoms with Crippen LogP contribution in [0.15, 0.2) is 86.0 Å². The van der Waals surface area contributed by atoms with Crippen LogP contribution in [0.4, 0.5) is 22.7 Å². The van der Waals surface area contributed by atoms with E-state index in [2.05, 4.69) is 20.5 Å². The molecule has 0 aliphatic carbocycles. The molecule has 32 heavy (non-hydrogen) atoms. The molecule has 3 aromatic carbocycles. The van der Waals surface area contributed by atoms with E-state index in [0.717, 1.165) is 0 Å². The first-order valence-electron chi connectivity index (χ1n) is 8.65. The minimum Gasteiger partial charge on any atom is -0.508 e. The van der Waals surface area contributed by atoms with Gasteiger partial charge in [-0.2, -0.15) is 23.8 Å². The molecule has 0 heterocycles. The summed E-state index contributed by atoms with van der Waals surface area (Å²) in [6.45, 7) is 1.76. The van der Waals surface area contributed by atoms with Gasteiger partial charge in [0, 0.05) is 43.8 Å². The normalized spacial score (nSPS) is 11.2. The zero-order valence-corrected chi connectivity index (χ0v) is 18.9. The van der Waals surface area contributed by atoms with Gasteiger partial charge in [-0.3, -0.25) is 4.55 Å². The number of hydrogen-bond acceptors (Lipinski definition) is 8. The van der Waals surface area contributed by atoms with E-state index in [1.165, 1.54) is 25.3 Å². The number of phenols is 1. The van der Waals surface area contributed by atoms with Crippen LogP contribution in [0.3, 0.4) is 0 Å². The van der Waals surface area contributed by atoms with Crippen LogP contribution >= 0.6 is 0 Å². The van der Waals surface area contributed by atoms with E-state index in [0.29, 0.717) is 28.4 Å². The molecule has 0 bridgehead atoms. The molecule has 0 atom stereocenters. The fourth-order valence-corrected chi connectivity index (χ4v) is 2.97. The molecule has 3 aromatic rings. The van der Waals surface area contributed by atoms with Crippen LogP contribution in [-0.4, -0.2) is 62.9 Å². The van der Waals surface area contributed by atoms with E-state index in [1.54, 1.807) is 49.4 Å². The second kappa shape index (κ2) is 12.0. The summed E-state index contributed by atoms with van der Waals surface area (Å²) < 4.78 is 36.9. The minimum absolute atomic E-state index is 0. The van der Waals surface area contributed by atoms with E-state index in [-0.39, 0.29) is 54.1 Å². The van der Waals surface area contributed by atoms with Crippen molar-refractivity contribution in [2.24, 2.45) is 20.5 Å². The molecule has 2 radical (unpaired) electrons. The third-order valence-electron chi connectivity index (χ3n) is 4.01. The maximum atomic E-state index is 11.2. The summed E-state index contributed by atoms with van der Waals surface area (Å²) in [5.41, 5.74) is 2.44. The van der Waals surface area contributed by atoms with Gasteiger partial charge in [0.15, 0.2) is 0 Å². The number of rotatable bonds is 6. The standard InChI is InChI=1S/C20H18N4O5S.2Li/c1-13-10-15(7-9-19(13)25)23-24-18-8-6-16(12-20(18)29-2)22-21-14-4-3-5-17(11-14)30(26,27)28;;/h3-12,25H,1-2H3,(H,26,27,28);;. The molecule has 0 amide bonds. The van der Waals surface area contributed by atoms with Crippen LogP contribution in [0.25, 0.3) is 0 Å². The van der Waals surface area contributed by atoms with Gasteiger partial charge in [0.05, 0.1) is 29.1 Å². The molecule has 0 aliphatic rings. The Hall–Kier alpha value is -2.44. The number of azo groups is 2. The maximum absolute atomic E-state index is 11.2. The summed E-state index contributed by atoms with van der Waals surface area (Å²) in [7, 11) is -2.84. The van der Waals surface area contributed by atoms with Gasteiger partial charge in [0.2, 0.25) is 0 Å². The maximum Gasteiger partial charge on any atom is 0.294 e. The van der Waals surface area contributed by atoms with Crippen molar-refractivity contribution >= 4 is 70.6 Å². The van der Waals surface area contributed by atoms with Gasteiger partial charge in [-0.05, 0) is 61.0 Å². The minimum atomic E-state index is -4.32. The summed E-state index contributed by atoms with van der Waals surface area (Å²) in [5, 5.41) is 25.9. The van der Waals surface area contributed by atoms with Crippen molar-refractivity contribution < 1.29 is 22.8 Å². The zero-order chi connectivity index (χ0) is 21.7. The summed E-state index contributed by atoms with van der Waals surface area (Å²) >= 11 is 0. The number of aryl methyl sites for hydroxylation is 1. The molecule has 2 N–H and O–H groups in total. The molecule has 156 valence electrons. The average Bonchev–Trinajstić information content (AvgIpc) is 2.73. The molecular formula is C20H18Li2N4O5S. The second-order valence-corrected chi connectivity index (χ2v) is 7.62. The summed E-state index contributed by atoms with van der Waals surface area (Å²) in [6, 6.07) is 15.3. The first kappa shape index (κ1) is 27.6. The fraction of sp³-hybridized carbons (Fsp3) is 0.100. The topological polar surface area (TPSA) is 133 Å². The Morgan fingerprint density at radius 1 is 0.812 bits per heavy atom. The van der Waals surface area contributed by atoms with Gasteiger partial charge in [0.1, 0.15) is 17.2 Å². The molecule has 0 saturated heterocycles. The van der Waals surface area contributed by atoms with Crippen molar-refractivity contribution in [3.05, 3.63) is 66.2 Å². The first-order chi connectivity index (χ1) is 14.3. The third-order valence-corrected chi connectivity index (χ3v) is 4.86.